The van der Waals surface area contributed by atoms with E-state index in [2.05, 4.69) is 0 Å². The topological polar surface area (TPSA) is 139 Å². The summed E-state index contributed by atoms with van der Waals surface area (Å²) >= 11 is 0. The van der Waals surface area contributed by atoms with E-state index in [0.717, 1.165) is 17.7 Å². The predicted molar refractivity (Wildman–Crippen MR) is 150 cm³/mol. The van der Waals surface area contributed by atoms with Crippen molar-refractivity contribution >= 4 is 25.8 Å². The van der Waals surface area contributed by atoms with E-state index in [4.69, 9.17) is 14.7 Å². The van der Waals surface area contributed by atoms with Crippen LogP contribution in [0.15, 0.2) is 53.4 Å². The van der Waals surface area contributed by atoms with Gasteiger partial charge in [-0.3, -0.25) is 10.0 Å². The highest BCUT2D eigenvalue weighted by molar-refractivity contribution is 7.93. The maximum Gasteiger partial charge on any atom is 0.416 e. The van der Waals surface area contributed by atoms with Crippen LogP contribution in [-0.2, 0) is 42.0 Å². The van der Waals surface area contributed by atoms with Gasteiger partial charge in [-0.2, -0.15) is 13.2 Å². The fourth-order valence-electron chi connectivity index (χ4n) is 5.48. The van der Waals surface area contributed by atoms with Crippen molar-refractivity contribution in [2.24, 2.45) is 5.92 Å². The van der Waals surface area contributed by atoms with Crippen molar-refractivity contribution in [3.05, 3.63) is 59.7 Å². The molecule has 0 unspecified atom stereocenters. The van der Waals surface area contributed by atoms with Crippen LogP contribution in [0.4, 0.5) is 13.2 Å². The molecule has 2 heterocycles. The molecule has 15 heteroatoms. The van der Waals surface area contributed by atoms with Crippen LogP contribution in [0.1, 0.15) is 43.2 Å². The van der Waals surface area contributed by atoms with Crippen molar-refractivity contribution in [1.82, 2.24) is 9.79 Å². The molecular formula is C28H35F3N2O8S2. The molecule has 2 saturated heterocycles. The van der Waals surface area contributed by atoms with E-state index in [1.165, 1.54) is 46.2 Å². The molecule has 238 valence electrons. The summed E-state index contributed by atoms with van der Waals surface area (Å²) in [5, 5.41) is 9.16. The number of piperidine rings is 1. The molecular weight excluding hydrogens is 613 g/mol. The quantitative estimate of drug-likeness (QED) is 0.214. The van der Waals surface area contributed by atoms with Crippen molar-refractivity contribution in [3.8, 4) is 5.75 Å². The zero-order valence-corrected chi connectivity index (χ0v) is 25.0. The molecule has 2 aromatic rings. The standard InChI is InChI=1S/C28H35F3N2O8S2/c29-28(30,31)23-4-2-21(3-5-23)20-22-10-14-33(15-11-22)42(36,37)19-1-16-41-24-6-8-25(9-7-24)43(38,39)27(26(34)32-35)12-17-40-18-13-27/h2-9,22,35H,1,10-20H2,(H,32,34). The summed E-state index contributed by atoms with van der Waals surface area (Å²) < 4.78 is 101. The maximum atomic E-state index is 13.3. The van der Waals surface area contributed by atoms with Gasteiger partial charge in [0.15, 0.2) is 14.6 Å². The molecule has 0 atom stereocenters. The predicted octanol–water partition coefficient (Wildman–Crippen LogP) is 3.59. The molecule has 2 fully saturated rings. The summed E-state index contributed by atoms with van der Waals surface area (Å²) in [5.41, 5.74) is 1.56. The molecule has 0 aromatic heterocycles. The van der Waals surface area contributed by atoms with Gasteiger partial charge in [0.25, 0.3) is 5.91 Å². The van der Waals surface area contributed by atoms with Gasteiger partial charge in [-0.1, -0.05) is 12.1 Å². The maximum absolute atomic E-state index is 13.3. The smallest absolute Gasteiger partial charge is 0.416 e. The first-order chi connectivity index (χ1) is 20.3. The molecule has 0 bridgehead atoms. The average Bonchev–Trinajstić information content (AvgIpc) is 2.99. The van der Waals surface area contributed by atoms with Gasteiger partial charge in [0.05, 0.1) is 22.8 Å². The van der Waals surface area contributed by atoms with Crippen molar-refractivity contribution in [3.63, 3.8) is 0 Å². The first kappa shape index (κ1) is 33.2. The number of benzene rings is 2. The Morgan fingerprint density at radius 1 is 1.00 bits per heavy atom. The van der Waals surface area contributed by atoms with E-state index in [0.29, 0.717) is 38.1 Å². The molecule has 0 saturated carbocycles. The van der Waals surface area contributed by atoms with Crippen LogP contribution < -0.4 is 10.2 Å². The monoisotopic (exact) mass is 648 g/mol. The fraction of sp³-hybridized carbons (Fsp3) is 0.536. The van der Waals surface area contributed by atoms with E-state index < -0.39 is 42.3 Å². The number of carbonyl (C=O) groups excluding carboxylic acids is 1. The van der Waals surface area contributed by atoms with Gasteiger partial charge >= 0.3 is 6.18 Å². The van der Waals surface area contributed by atoms with Gasteiger partial charge in [0, 0.05) is 26.3 Å². The minimum Gasteiger partial charge on any atom is -0.494 e. The summed E-state index contributed by atoms with van der Waals surface area (Å²) in [6.07, 6.45) is -2.58. The number of sulfone groups is 1. The summed E-state index contributed by atoms with van der Waals surface area (Å²) in [7, 11) is -7.70. The van der Waals surface area contributed by atoms with Gasteiger partial charge in [0.2, 0.25) is 10.0 Å². The lowest BCUT2D eigenvalue weighted by Crippen LogP contribution is -2.54. The highest BCUT2D eigenvalue weighted by Crippen LogP contribution is 2.36. The Kier molecular flexibility index (Phi) is 10.4. The first-order valence-electron chi connectivity index (χ1n) is 13.9. The van der Waals surface area contributed by atoms with Crippen molar-refractivity contribution < 1.29 is 49.5 Å². The lowest BCUT2D eigenvalue weighted by Gasteiger charge is -2.34. The molecule has 0 radical (unpaired) electrons. The third kappa shape index (κ3) is 7.69. The van der Waals surface area contributed by atoms with Gasteiger partial charge in [-0.25, -0.2) is 26.6 Å². The molecule has 43 heavy (non-hydrogen) atoms. The zero-order valence-electron chi connectivity index (χ0n) is 23.4. The third-order valence-electron chi connectivity index (χ3n) is 8.05. The molecule has 2 aliphatic rings. The summed E-state index contributed by atoms with van der Waals surface area (Å²) in [6, 6.07) is 10.5. The summed E-state index contributed by atoms with van der Waals surface area (Å²) in [4.78, 5) is 12.3. The number of hydrogen-bond acceptors (Lipinski definition) is 8. The van der Waals surface area contributed by atoms with Crippen LogP contribution in [0.3, 0.4) is 0 Å². The number of sulfonamides is 1. The normalized spacial score (nSPS) is 18.7. The van der Waals surface area contributed by atoms with Crippen molar-refractivity contribution in [2.45, 2.75) is 54.3 Å². The Labute approximate surface area is 249 Å². The number of hydroxylamine groups is 1. The third-order valence-corrected chi connectivity index (χ3v) is 12.5. The summed E-state index contributed by atoms with van der Waals surface area (Å²) in [5.74, 6) is -0.643. The minimum absolute atomic E-state index is 0.0531. The highest BCUT2D eigenvalue weighted by atomic mass is 32.2. The number of nitrogens with zero attached hydrogens (tertiary/aromatic N) is 1. The Hall–Kier alpha value is -2.72. The Morgan fingerprint density at radius 3 is 2.16 bits per heavy atom. The molecule has 10 nitrogen and oxygen atoms in total. The van der Waals surface area contributed by atoms with Gasteiger partial charge < -0.3 is 9.47 Å². The Morgan fingerprint density at radius 2 is 1.60 bits per heavy atom. The second-order valence-corrected chi connectivity index (χ2v) is 15.1. The SMILES string of the molecule is O=C(NO)C1(S(=O)(=O)c2ccc(OCCCS(=O)(=O)N3CCC(Cc4ccc(C(F)(F)F)cc4)CC3)cc2)CCOCC1. The lowest BCUT2D eigenvalue weighted by molar-refractivity contribution is -0.137. The van der Waals surface area contributed by atoms with E-state index in [1.54, 1.807) is 0 Å². The number of carbonyl (C=O) groups is 1. The minimum atomic E-state index is -4.38. The fourth-order valence-corrected chi connectivity index (χ4v) is 8.92. The molecule has 2 aromatic carbocycles. The Bertz CT molecular complexity index is 1450. The van der Waals surface area contributed by atoms with E-state index >= 15 is 0 Å². The van der Waals surface area contributed by atoms with Crippen molar-refractivity contribution in [2.75, 3.05) is 38.7 Å². The molecule has 0 aliphatic carbocycles. The van der Waals surface area contributed by atoms with Gasteiger partial charge in [-0.05, 0) is 86.4 Å². The second kappa shape index (κ2) is 13.5. The summed E-state index contributed by atoms with van der Waals surface area (Å²) in [6.45, 7) is 0.859. The molecule has 0 spiro atoms. The van der Waals surface area contributed by atoms with E-state index in [1.807, 2.05) is 0 Å². The zero-order chi connectivity index (χ0) is 31.3. The van der Waals surface area contributed by atoms with E-state index in [9.17, 15) is 34.8 Å². The van der Waals surface area contributed by atoms with Gasteiger partial charge in [0.1, 0.15) is 5.75 Å². The molecule has 2 N–H and O–H groups in total. The lowest BCUT2D eigenvalue weighted by atomic mass is 9.91. The number of ether oxygens (including phenoxy) is 2. The van der Waals surface area contributed by atoms with Crippen LogP contribution in [0, 0.1) is 5.92 Å². The number of hydrogen-bond donors (Lipinski definition) is 2. The van der Waals surface area contributed by atoms with Crippen LogP contribution in [-0.4, -0.2) is 75.7 Å². The van der Waals surface area contributed by atoms with Crippen LogP contribution >= 0.6 is 0 Å². The Balaban J connectivity index is 1.23. The first-order valence-corrected chi connectivity index (χ1v) is 17.0. The molecule has 4 rings (SSSR count). The highest BCUT2D eigenvalue weighted by Gasteiger charge is 2.52. The number of alkyl halides is 3. The molecule has 2 aliphatic heterocycles. The molecule has 1 amide bonds. The van der Waals surface area contributed by atoms with Crippen LogP contribution in [0.2, 0.25) is 0 Å². The van der Waals surface area contributed by atoms with E-state index in [-0.39, 0.29) is 55.6 Å². The number of rotatable bonds is 11. The average molecular weight is 649 g/mol. The number of nitrogens with one attached hydrogen (secondary N) is 1. The van der Waals surface area contributed by atoms with Gasteiger partial charge in [-0.15, -0.1) is 0 Å². The van der Waals surface area contributed by atoms with Crippen LogP contribution in [0.5, 0.6) is 5.75 Å². The number of amides is 1. The second-order valence-electron chi connectivity index (χ2n) is 10.8. The largest absolute Gasteiger partial charge is 0.494 e. The van der Waals surface area contributed by atoms with Crippen molar-refractivity contribution in [1.29, 1.82) is 0 Å². The number of halogens is 3. The van der Waals surface area contributed by atoms with Crippen LogP contribution in [0.25, 0.3) is 0 Å².